The highest BCUT2D eigenvalue weighted by molar-refractivity contribution is 7.99. The molecule has 0 radical (unpaired) electrons. The van der Waals surface area contributed by atoms with E-state index in [9.17, 15) is 4.79 Å². The summed E-state index contributed by atoms with van der Waals surface area (Å²) in [5.74, 6) is 2.36. The van der Waals surface area contributed by atoms with Gasteiger partial charge in [0.15, 0.2) is 0 Å². The summed E-state index contributed by atoms with van der Waals surface area (Å²) in [7, 11) is 4.24. The second-order valence-corrected chi connectivity index (χ2v) is 7.61. The minimum absolute atomic E-state index is 0.0770. The molecule has 21 heavy (non-hydrogen) atoms. The summed E-state index contributed by atoms with van der Waals surface area (Å²) in [6.07, 6.45) is 8.53. The number of amides is 1. The number of fused-ring (bicyclic) bond motifs is 2. The highest BCUT2D eigenvalue weighted by atomic mass is 32.2. The van der Waals surface area contributed by atoms with Crippen LogP contribution in [0.3, 0.4) is 0 Å². The number of hydrogen-bond acceptors (Lipinski definition) is 3. The van der Waals surface area contributed by atoms with Gasteiger partial charge < -0.3 is 10.2 Å². The lowest BCUT2D eigenvalue weighted by molar-refractivity contribution is -0.117. The van der Waals surface area contributed by atoms with Crippen LogP contribution in [0.4, 0.5) is 0 Å². The SMILES string of the molecule is CN(C)C1(CNC(=O)C2=C3C=C4CC4=C3C=C2)CCSC1. The molecule has 1 atom stereocenters. The fourth-order valence-electron chi connectivity index (χ4n) is 3.42. The van der Waals surface area contributed by atoms with E-state index in [-0.39, 0.29) is 11.4 Å². The average molecular weight is 300 g/mol. The van der Waals surface area contributed by atoms with Crippen molar-refractivity contribution in [3.05, 3.63) is 46.1 Å². The Labute approximate surface area is 129 Å². The lowest BCUT2D eigenvalue weighted by Gasteiger charge is -2.35. The van der Waals surface area contributed by atoms with Gasteiger partial charge in [0.25, 0.3) is 5.91 Å². The zero-order valence-electron chi connectivity index (χ0n) is 12.5. The quantitative estimate of drug-likeness (QED) is 0.862. The number of likely N-dealkylation sites (N-methyl/N-ethyl adjacent to an activating group) is 1. The summed E-state index contributed by atoms with van der Waals surface area (Å²) in [5, 5.41) is 3.18. The Balaban J connectivity index is 1.48. The van der Waals surface area contributed by atoms with Gasteiger partial charge in [-0.2, -0.15) is 11.8 Å². The van der Waals surface area contributed by atoms with Crippen LogP contribution in [0.15, 0.2) is 46.1 Å². The fraction of sp³-hybridized carbons (Fsp3) is 0.471. The van der Waals surface area contributed by atoms with Crippen molar-refractivity contribution in [2.24, 2.45) is 0 Å². The van der Waals surface area contributed by atoms with Crippen molar-refractivity contribution in [1.82, 2.24) is 10.2 Å². The normalized spacial score (nSPS) is 29.2. The van der Waals surface area contributed by atoms with Gasteiger partial charge in [-0.05, 0) is 67.1 Å². The van der Waals surface area contributed by atoms with Crippen LogP contribution in [-0.4, -0.2) is 48.5 Å². The van der Waals surface area contributed by atoms with Crippen LogP contribution in [-0.2, 0) is 4.79 Å². The van der Waals surface area contributed by atoms with Crippen molar-refractivity contribution in [2.45, 2.75) is 18.4 Å². The van der Waals surface area contributed by atoms with Crippen molar-refractivity contribution in [3.8, 4) is 0 Å². The van der Waals surface area contributed by atoms with Crippen LogP contribution >= 0.6 is 11.8 Å². The van der Waals surface area contributed by atoms with E-state index in [1.54, 1.807) is 0 Å². The molecule has 1 saturated heterocycles. The summed E-state index contributed by atoms with van der Waals surface area (Å²) in [6, 6.07) is 0. The van der Waals surface area contributed by atoms with Gasteiger partial charge in [-0.3, -0.25) is 4.79 Å². The maximum atomic E-state index is 12.5. The first-order valence-electron chi connectivity index (χ1n) is 7.51. The Morgan fingerprint density at radius 2 is 2.24 bits per heavy atom. The van der Waals surface area contributed by atoms with E-state index in [0.717, 1.165) is 36.3 Å². The fourth-order valence-corrected chi connectivity index (χ4v) is 4.97. The largest absolute Gasteiger partial charge is 0.350 e. The van der Waals surface area contributed by atoms with Crippen molar-refractivity contribution in [1.29, 1.82) is 0 Å². The van der Waals surface area contributed by atoms with E-state index in [1.165, 1.54) is 22.5 Å². The number of nitrogens with one attached hydrogen (secondary N) is 1. The van der Waals surface area contributed by atoms with Gasteiger partial charge >= 0.3 is 0 Å². The Bertz CT molecular complexity index is 646. The van der Waals surface area contributed by atoms with E-state index in [4.69, 9.17) is 0 Å². The van der Waals surface area contributed by atoms with Gasteiger partial charge in [-0.1, -0.05) is 6.08 Å². The van der Waals surface area contributed by atoms with Crippen molar-refractivity contribution in [2.75, 3.05) is 32.1 Å². The molecule has 1 heterocycles. The third-order valence-electron chi connectivity index (χ3n) is 5.12. The molecule has 1 saturated carbocycles. The highest BCUT2D eigenvalue weighted by Gasteiger charge is 2.38. The topological polar surface area (TPSA) is 32.3 Å². The van der Waals surface area contributed by atoms with E-state index in [2.05, 4.69) is 36.5 Å². The molecular formula is C17H20N2OS. The lowest BCUT2D eigenvalue weighted by Crippen LogP contribution is -2.53. The molecule has 0 bridgehead atoms. The first-order chi connectivity index (χ1) is 10.1. The molecule has 1 unspecified atom stereocenters. The maximum Gasteiger partial charge on any atom is 0.251 e. The molecule has 1 N–H and O–H groups in total. The van der Waals surface area contributed by atoms with Gasteiger partial charge in [-0.25, -0.2) is 0 Å². The van der Waals surface area contributed by atoms with Crippen LogP contribution in [0, 0.1) is 0 Å². The second-order valence-electron chi connectivity index (χ2n) is 6.50. The number of nitrogens with zero attached hydrogens (tertiary/aromatic N) is 1. The minimum atomic E-state index is 0.0770. The molecule has 0 aromatic heterocycles. The molecule has 1 amide bonds. The summed E-state index contributed by atoms with van der Waals surface area (Å²) in [5.41, 5.74) is 6.26. The molecule has 4 heteroatoms. The van der Waals surface area contributed by atoms with E-state index in [0.29, 0.717) is 0 Å². The van der Waals surface area contributed by atoms with Gasteiger partial charge in [0.05, 0.1) is 0 Å². The zero-order chi connectivity index (χ0) is 14.6. The molecule has 2 fully saturated rings. The molecule has 0 spiro atoms. The van der Waals surface area contributed by atoms with Crippen LogP contribution in [0.2, 0.25) is 0 Å². The van der Waals surface area contributed by atoms with Gasteiger partial charge in [0.1, 0.15) is 0 Å². The van der Waals surface area contributed by atoms with Gasteiger partial charge in [-0.15, -0.1) is 0 Å². The highest BCUT2D eigenvalue weighted by Crippen LogP contribution is 2.51. The molecule has 4 rings (SSSR count). The molecule has 3 aliphatic carbocycles. The molecule has 0 aromatic rings. The molecule has 0 aromatic carbocycles. The Kier molecular flexibility index (Phi) is 2.95. The lowest BCUT2D eigenvalue weighted by atomic mass is 9.97. The van der Waals surface area contributed by atoms with Gasteiger partial charge in [0, 0.05) is 23.4 Å². The summed E-state index contributed by atoms with van der Waals surface area (Å²) < 4.78 is 0. The molecular weight excluding hydrogens is 280 g/mol. The molecule has 1 aliphatic heterocycles. The first-order valence-corrected chi connectivity index (χ1v) is 8.66. The predicted octanol–water partition coefficient (Wildman–Crippen LogP) is 2.05. The van der Waals surface area contributed by atoms with Crippen molar-refractivity contribution >= 4 is 17.7 Å². The number of allylic oxidation sites excluding steroid dienone is 6. The van der Waals surface area contributed by atoms with Gasteiger partial charge in [0.2, 0.25) is 0 Å². The number of rotatable bonds is 4. The predicted molar refractivity (Wildman–Crippen MR) is 87.3 cm³/mol. The molecule has 110 valence electrons. The third-order valence-corrected chi connectivity index (χ3v) is 6.36. The Hall–Kier alpha value is -1.26. The maximum absolute atomic E-state index is 12.5. The van der Waals surface area contributed by atoms with E-state index in [1.807, 2.05) is 17.8 Å². The molecule has 4 aliphatic rings. The van der Waals surface area contributed by atoms with Crippen LogP contribution in [0.5, 0.6) is 0 Å². The minimum Gasteiger partial charge on any atom is -0.350 e. The van der Waals surface area contributed by atoms with E-state index < -0.39 is 0 Å². The van der Waals surface area contributed by atoms with Crippen molar-refractivity contribution in [3.63, 3.8) is 0 Å². The monoisotopic (exact) mass is 300 g/mol. The van der Waals surface area contributed by atoms with Crippen LogP contribution in [0.25, 0.3) is 0 Å². The first kappa shape index (κ1) is 13.4. The summed E-state index contributed by atoms with van der Waals surface area (Å²) in [4.78, 5) is 14.8. The second kappa shape index (κ2) is 4.62. The molecule has 3 nitrogen and oxygen atoms in total. The summed E-state index contributed by atoms with van der Waals surface area (Å²) >= 11 is 1.98. The average Bonchev–Trinajstić information content (AvgIpc) is 2.87. The number of hydrogen-bond donors (Lipinski definition) is 1. The number of thioether (sulfide) groups is 1. The van der Waals surface area contributed by atoms with Crippen molar-refractivity contribution < 1.29 is 4.79 Å². The van der Waals surface area contributed by atoms with E-state index >= 15 is 0 Å². The Morgan fingerprint density at radius 3 is 2.95 bits per heavy atom. The summed E-state index contributed by atoms with van der Waals surface area (Å²) in [6.45, 7) is 0.735. The zero-order valence-corrected chi connectivity index (χ0v) is 13.3. The van der Waals surface area contributed by atoms with Crippen LogP contribution in [0.1, 0.15) is 12.8 Å². The smallest absolute Gasteiger partial charge is 0.251 e. The number of carbonyl (C=O) groups excluding carboxylic acids is 1. The number of carbonyl (C=O) groups is 1. The Morgan fingerprint density at radius 1 is 1.38 bits per heavy atom. The standard InChI is InChI=1S/C17H20N2OS/c1-19(2)17(5-6-21-10-17)9-18-16(20)13-4-3-12-14-7-11(14)8-15(12)13/h3-4,8H,5-7,9-10H2,1-2H3,(H,18,20). The third kappa shape index (κ3) is 2.04. The van der Waals surface area contributed by atoms with Crippen LogP contribution < -0.4 is 5.32 Å².